The summed E-state index contributed by atoms with van der Waals surface area (Å²) in [7, 11) is 1.39. The predicted molar refractivity (Wildman–Crippen MR) is 258 cm³/mol. The quantitative estimate of drug-likeness (QED) is 0.0416. The van der Waals surface area contributed by atoms with Crippen LogP contribution in [0.15, 0.2) is 47.6 Å². The third-order valence-corrected chi connectivity index (χ3v) is 13.7. The van der Waals surface area contributed by atoms with Crippen LogP contribution in [-0.2, 0) is 28.5 Å². The van der Waals surface area contributed by atoms with Crippen LogP contribution in [0, 0.1) is 30.6 Å². The number of aromatic nitrogens is 4. The summed E-state index contributed by atoms with van der Waals surface area (Å²) in [5.41, 5.74) is 7.50. The Labute approximate surface area is 412 Å². The van der Waals surface area contributed by atoms with Crippen LogP contribution in [0.5, 0.6) is 23.0 Å². The normalized spacial score (nSPS) is 30.5. The van der Waals surface area contributed by atoms with Crippen LogP contribution >= 0.6 is 0 Å². The average molecular weight is 1010 g/mol. The summed E-state index contributed by atoms with van der Waals surface area (Å²) < 4.78 is 30.6. The third-order valence-electron chi connectivity index (χ3n) is 13.7. The second kappa shape index (κ2) is 20.7. The Bertz CT molecular complexity index is 2900. The zero-order valence-electron chi connectivity index (χ0n) is 40.8. The molecule has 72 heavy (non-hydrogen) atoms. The fourth-order valence-electron chi connectivity index (χ4n) is 9.37. The van der Waals surface area contributed by atoms with Crippen molar-refractivity contribution in [1.29, 1.82) is 0 Å². The molecule has 5 bridgehead atoms. The number of fused-ring (bicyclic) bond motifs is 15. The van der Waals surface area contributed by atoms with Gasteiger partial charge in [0.25, 0.3) is 11.7 Å². The molecule has 1 fully saturated rings. The summed E-state index contributed by atoms with van der Waals surface area (Å²) in [6.45, 7) is 11.4. The van der Waals surface area contributed by atoms with E-state index in [1.54, 1.807) is 33.8 Å². The van der Waals surface area contributed by atoms with Crippen LogP contribution < -0.4 is 21.2 Å². The molecule has 6 heterocycles. The van der Waals surface area contributed by atoms with E-state index in [4.69, 9.17) is 29.4 Å². The number of imidazole rings is 1. The summed E-state index contributed by atoms with van der Waals surface area (Å²) >= 11 is 0. The van der Waals surface area contributed by atoms with Crippen molar-refractivity contribution in [2.75, 3.05) is 30.2 Å². The number of hydrogen-bond acceptors (Lipinski definition) is 22. The van der Waals surface area contributed by atoms with E-state index in [-0.39, 0.29) is 45.4 Å². The molecule has 24 nitrogen and oxygen atoms in total. The first-order chi connectivity index (χ1) is 34.0. The zero-order valence-corrected chi connectivity index (χ0v) is 40.8. The summed E-state index contributed by atoms with van der Waals surface area (Å²) in [6.07, 6.45) is -0.801. The molecule has 12 N–H and O–H groups in total. The molecule has 4 aromatic rings. The Balaban J connectivity index is 1.39. The Morgan fingerprint density at radius 1 is 0.972 bits per heavy atom. The molecule has 1 amide bonds. The average Bonchev–Trinajstić information content (AvgIpc) is 3.95. The number of nitrogens with zero attached hydrogens (tertiary/aromatic N) is 5. The van der Waals surface area contributed by atoms with E-state index < -0.39 is 142 Å². The van der Waals surface area contributed by atoms with E-state index in [1.165, 1.54) is 57.6 Å². The molecular weight excluding hydrogens is 945 g/mol. The first-order valence-corrected chi connectivity index (χ1v) is 23.0. The molecular formula is C48H60N8O16. The maximum atomic E-state index is 14.7. The van der Waals surface area contributed by atoms with Gasteiger partial charge in [-0.05, 0) is 19.9 Å². The maximum Gasteiger partial charge on any atom is 0.312 e. The Kier molecular flexibility index (Phi) is 15.2. The smallest absolute Gasteiger partial charge is 0.312 e. The van der Waals surface area contributed by atoms with Crippen molar-refractivity contribution < 1.29 is 78.9 Å². The molecule has 1 saturated heterocycles. The number of carbonyl (C=O) groups excluding carboxylic acids is 3. The standard InChI is InChI=1S/C48H60N8O16/c1-18-11-10-12-19(2)45(67)53-31-25(15-52-55-47-54-32-43(49)50-17-51-44(32)56(47)46-39(65)37(63)27(16-57)71-46)36(62)28-29(38(31)64)35(61)23(6)41-30(28)42(66)48(8,72-41)69-14-13-26(68-9)20(3)40(70-24(7)58)22(5)34(60)21(4)33(18)59/h10-15,17-18,20-22,26-27,33-34,37,39-40,46,57,59-65H,16H2,1-9H3,(H,53,67)(H,54,55)(H2,49,50,51). The number of ketones is 1. The number of Topliss-reactive ketones (excluding diaryl/α,β-unsaturated/α-hetero) is 1. The minimum Gasteiger partial charge on any atom is -0.507 e. The number of phenols is 3. The van der Waals surface area contributed by atoms with E-state index in [1.807, 2.05) is 0 Å². The number of ether oxygens (including phenoxy) is 5. The molecule has 4 aliphatic heterocycles. The molecule has 2 aromatic carbocycles. The minimum atomic E-state index is -2.18. The lowest BCUT2D eigenvalue weighted by Gasteiger charge is -2.38. The number of nitrogens with one attached hydrogen (secondary N) is 2. The van der Waals surface area contributed by atoms with Crippen LogP contribution in [0.3, 0.4) is 0 Å². The van der Waals surface area contributed by atoms with Crippen LogP contribution in [0.1, 0.15) is 76.2 Å². The molecule has 0 spiro atoms. The molecule has 0 aliphatic carbocycles. The highest BCUT2D eigenvalue weighted by atomic mass is 16.7. The van der Waals surface area contributed by atoms with Crippen LogP contribution in [0.4, 0.5) is 17.5 Å². The summed E-state index contributed by atoms with van der Waals surface area (Å²) in [5, 5.41) is 96.6. The molecule has 13 unspecified atom stereocenters. The molecule has 24 heteroatoms. The van der Waals surface area contributed by atoms with Crippen molar-refractivity contribution >= 4 is 63.3 Å². The number of hydrazone groups is 1. The zero-order chi connectivity index (χ0) is 52.8. The highest BCUT2D eigenvalue weighted by Gasteiger charge is 2.50. The monoisotopic (exact) mass is 1000 g/mol. The lowest BCUT2D eigenvalue weighted by atomic mass is 9.78. The van der Waals surface area contributed by atoms with Crippen molar-refractivity contribution in [3.63, 3.8) is 0 Å². The number of aliphatic hydroxyl groups excluding tert-OH is 5. The number of phenolic OH excluding ortho intramolecular Hbond substituents is 3. The predicted octanol–water partition coefficient (Wildman–Crippen LogP) is 2.53. The summed E-state index contributed by atoms with van der Waals surface area (Å²) in [6, 6.07) is 0. The van der Waals surface area contributed by atoms with Gasteiger partial charge in [-0.1, -0.05) is 45.9 Å². The fraction of sp³-hybridized carbons (Fsp3) is 0.479. The first-order valence-electron chi connectivity index (χ1n) is 23.0. The number of nitrogens with two attached hydrogens (primary N) is 1. The number of carbonyl (C=O) groups is 3. The van der Waals surface area contributed by atoms with Gasteiger partial charge in [-0.3, -0.25) is 19.0 Å². The molecule has 388 valence electrons. The van der Waals surface area contributed by atoms with Crippen molar-refractivity contribution in [3.05, 3.63) is 59.2 Å². The third kappa shape index (κ3) is 9.37. The van der Waals surface area contributed by atoms with Gasteiger partial charge < -0.3 is 75.6 Å². The van der Waals surface area contributed by atoms with E-state index in [0.29, 0.717) is 0 Å². The van der Waals surface area contributed by atoms with Crippen LogP contribution in [0.25, 0.3) is 21.9 Å². The van der Waals surface area contributed by atoms with Crippen molar-refractivity contribution in [2.45, 2.75) is 110 Å². The number of aromatic hydroxyl groups is 3. The van der Waals surface area contributed by atoms with Gasteiger partial charge in [0.15, 0.2) is 29.0 Å². The molecule has 2 aromatic heterocycles. The number of allylic oxidation sites excluding steroid dienone is 2. The number of methoxy groups -OCH3 is 1. The Morgan fingerprint density at radius 2 is 1.68 bits per heavy atom. The molecule has 4 aliphatic rings. The largest absolute Gasteiger partial charge is 0.507 e. The molecule has 0 radical (unpaired) electrons. The maximum absolute atomic E-state index is 14.7. The fourth-order valence-corrected chi connectivity index (χ4v) is 9.37. The van der Waals surface area contributed by atoms with Gasteiger partial charge in [-0.25, -0.2) is 20.4 Å². The highest BCUT2D eigenvalue weighted by molar-refractivity contribution is 6.24. The number of nitrogen functional groups attached to an aromatic ring is 1. The number of aliphatic hydroxyl groups is 5. The number of amides is 1. The van der Waals surface area contributed by atoms with Crippen LogP contribution in [0.2, 0.25) is 0 Å². The Hall–Kier alpha value is -6.93. The SMILES string of the molecule is COC1C=COC2(C)Oc3c(C)c(O)c4c(O)c(c(C=NNc5nc6c(N)ncnc6n5C5OC(CO)C(O)C5O)c(O)c4c3C2=O)NC(=O)C(C)=CC=CC(C)C(O)C(C)C(O)C(C)C(OC(C)=O)C1C. The van der Waals surface area contributed by atoms with Crippen molar-refractivity contribution in [1.82, 2.24) is 19.5 Å². The van der Waals surface area contributed by atoms with E-state index >= 15 is 0 Å². The minimum absolute atomic E-state index is 0.00991. The second-order valence-corrected chi connectivity index (χ2v) is 18.5. The Morgan fingerprint density at radius 3 is 2.33 bits per heavy atom. The van der Waals surface area contributed by atoms with Gasteiger partial charge >= 0.3 is 11.8 Å². The van der Waals surface area contributed by atoms with Gasteiger partial charge in [0.2, 0.25) is 5.95 Å². The van der Waals surface area contributed by atoms with Gasteiger partial charge in [-0.2, -0.15) is 5.10 Å². The van der Waals surface area contributed by atoms with Crippen molar-refractivity contribution in [2.24, 2.45) is 28.8 Å². The number of benzene rings is 2. The van der Waals surface area contributed by atoms with Gasteiger partial charge in [-0.15, -0.1) is 0 Å². The molecule has 8 rings (SSSR count). The molecule has 0 saturated carbocycles. The van der Waals surface area contributed by atoms with E-state index in [0.717, 1.165) is 18.8 Å². The summed E-state index contributed by atoms with van der Waals surface area (Å²) in [4.78, 5) is 53.7. The topological polar surface area (TPSA) is 365 Å². The van der Waals surface area contributed by atoms with E-state index in [2.05, 4.69) is 30.8 Å². The van der Waals surface area contributed by atoms with Gasteiger partial charge in [0.1, 0.15) is 48.0 Å². The van der Waals surface area contributed by atoms with Crippen LogP contribution in [-0.4, -0.2) is 146 Å². The number of rotatable bonds is 7. The number of anilines is 3. The highest BCUT2D eigenvalue weighted by Crippen LogP contribution is 2.55. The summed E-state index contributed by atoms with van der Waals surface area (Å²) in [5.74, 6) is -10.1. The second-order valence-electron chi connectivity index (χ2n) is 18.5. The lowest BCUT2D eigenvalue weighted by molar-refractivity contribution is -0.160. The van der Waals surface area contributed by atoms with Gasteiger partial charge in [0, 0.05) is 61.2 Å². The first kappa shape index (κ1) is 52.9. The number of hydrogen-bond donors (Lipinski definition) is 11. The lowest BCUT2D eigenvalue weighted by Crippen LogP contribution is -2.46. The molecule has 13 atom stereocenters. The van der Waals surface area contributed by atoms with Crippen molar-refractivity contribution in [3.8, 4) is 23.0 Å². The van der Waals surface area contributed by atoms with E-state index in [9.17, 15) is 55.2 Å². The van der Waals surface area contributed by atoms with Gasteiger partial charge in [0.05, 0.1) is 59.6 Å². The number of esters is 1.